The van der Waals surface area contributed by atoms with E-state index in [1.54, 1.807) is 6.07 Å². The van der Waals surface area contributed by atoms with Gasteiger partial charge >= 0.3 is 13.1 Å². The molecule has 1 aromatic rings. The van der Waals surface area contributed by atoms with E-state index in [1.807, 2.05) is 27.7 Å². The topological polar surface area (TPSA) is 44.8 Å². The van der Waals surface area contributed by atoms with Gasteiger partial charge in [0, 0.05) is 10.8 Å². The molecule has 1 fully saturated rings. The highest BCUT2D eigenvalue weighted by molar-refractivity contribution is 6.48. The van der Waals surface area contributed by atoms with Gasteiger partial charge in [0.2, 0.25) is 0 Å². The van der Waals surface area contributed by atoms with Crippen molar-refractivity contribution in [1.29, 1.82) is 0 Å². The maximum absolute atomic E-state index is 13.3. The van der Waals surface area contributed by atoms with Crippen molar-refractivity contribution < 1.29 is 23.2 Å². The number of hydrogen-bond acceptors (Lipinski definition) is 4. The quantitative estimate of drug-likeness (QED) is 0.617. The maximum atomic E-state index is 13.3. The van der Waals surface area contributed by atoms with Crippen molar-refractivity contribution in [3.63, 3.8) is 0 Å². The predicted octanol–water partition coefficient (Wildman–Crippen LogP) is 3.76. The molecule has 2 rings (SSSR count). The summed E-state index contributed by atoms with van der Waals surface area (Å²) in [5, 5.41) is 0.230. The van der Waals surface area contributed by atoms with Gasteiger partial charge in [-0.15, -0.1) is 0 Å². The number of carbonyl (C=O) groups is 1. The van der Waals surface area contributed by atoms with Crippen molar-refractivity contribution in [3.8, 4) is 0 Å². The van der Waals surface area contributed by atoms with E-state index in [0.29, 0.717) is 5.56 Å². The molecule has 4 nitrogen and oxygen atoms in total. The Bertz CT molecular complexity index is 590. The third kappa shape index (κ3) is 3.70. The molecule has 1 aliphatic heterocycles. The summed E-state index contributed by atoms with van der Waals surface area (Å²) in [5.74, 6) is -1.34. The number of hydrogen-bond donors (Lipinski definition) is 0. The van der Waals surface area contributed by atoms with Gasteiger partial charge in [0.25, 0.3) is 0 Å². The van der Waals surface area contributed by atoms with Crippen LogP contribution in [0.2, 0.25) is 5.02 Å². The molecule has 1 unspecified atom stereocenters. The Balaban J connectivity index is 2.38. The van der Waals surface area contributed by atoms with Crippen LogP contribution in [0, 0.1) is 5.82 Å². The smallest absolute Gasteiger partial charge is 0.466 e. The molecule has 23 heavy (non-hydrogen) atoms. The van der Waals surface area contributed by atoms with Crippen molar-refractivity contribution in [2.45, 2.75) is 51.1 Å². The largest absolute Gasteiger partial charge is 0.469 e. The van der Waals surface area contributed by atoms with E-state index < -0.39 is 35.9 Å². The van der Waals surface area contributed by atoms with Crippen LogP contribution in [-0.4, -0.2) is 31.4 Å². The molecular formula is C16H21BClFO4. The average Bonchev–Trinajstić information content (AvgIpc) is 2.65. The van der Waals surface area contributed by atoms with Crippen LogP contribution in [0.4, 0.5) is 4.39 Å². The van der Waals surface area contributed by atoms with E-state index in [9.17, 15) is 9.18 Å². The van der Waals surface area contributed by atoms with E-state index in [-0.39, 0.29) is 11.4 Å². The van der Waals surface area contributed by atoms with Crippen LogP contribution in [0.15, 0.2) is 18.2 Å². The second kappa shape index (κ2) is 6.42. The summed E-state index contributed by atoms with van der Waals surface area (Å²) < 4.78 is 30.1. The van der Waals surface area contributed by atoms with Crippen molar-refractivity contribution in [2.75, 3.05) is 7.11 Å². The van der Waals surface area contributed by atoms with E-state index in [0.717, 1.165) is 0 Å². The second-order valence-electron chi connectivity index (χ2n) is 6.68. The molecule has 1 aliphatic rings. The summed E-state index contributed by atoms with van der Waals surface area (Å²) in [7, 11) is 0.637. The zero-order valence-corrected chi connectivity index (χ0v) is 14.7. The van der Waals surface area contributed by atoms with Gasteiger partial charge < -0.3 is 14.0 Å². The summed E-state index contributed by atoms with van der Waals surface area (Å²) in [4.78, 5) is 11.8. The van der Waals surface area contributed by atoms with Crippen LogP contribution in [0.3, 0.4) is 0 Å². The highest BCUT2D eigenvalue weighted by atomic mass is 35.5. The molecule has 1 heterocycles. The van der Waals surface area contributed by atoms with E-state index in [2.05, 4.69) is 0 Å². The van der Waals surface area contributed by atoms with E-state index >= 15 is 0 Å². The minimum absolute atomic E-state index is 0.0265. The molecule has 7 heteroatoms. The number of methoxy groups -OCH3 is 1. The van der Waals surface area contributed by atoms with Crippen molar-refractivity contribution in [3.05, 3.63) is 34.6 Å². The lowest BCUT2D eigenvalue weighted by Gasteiger charge is -2.32. The van der Waals surface area contributed by atoms with Crippen LogP contribution in [0.5, 0.6) is 0 Å². The van der Waals surface area contributed by atoms with Gasteiger partial charge in [0.15, 0.2) is 0 Å². The first-order chi connectivity index (χ1) is 10.6. The molecule has 126 valence electrons. The Kier molecular flexibility index (Phi) is 5.09. The average molecular weight is 343 g/mol. The van der Waals surface area contributed by atoms with Crippen molar-refractivity contribution in [1.82, 2.24) is 0 Å². The fourth-order valence-electron chi connectivity index (χ4n) is 2.47. The normalized spacial score (nSPS) is 20.4. The first kappa shape index (κ1) is 18.2. The van der Waals surface area contributed by atoms with Crippen LogP contribution < -0.4 is 0 Å². The molecule has 0 spiro atoms. The molecule has 1 saturated heterocycles. The van der Waals surface area contributed by atoms with Gasteiger partial charge in [-0.25, -0.2) is 4.39 Å². The standard InChI is InChI=1S/C16H21BClFO4/c1-15(2)16(3,4)23-17(22-15)12(9-14(20)21-5)11-7-6-10(19)8-13(11)18/h6-8,12H,9H2,1-5H3. The molecule has 1 aromatic carbocycles. The SMILES string of the molecule is COC(=O)CC(B1OC(C)(C)C(C)(C)O1)c1ccc(F)cc1Cl. The van der Waals surface area contributed by atoms with Gasteiger partial charge in [-0.1, -0.05) is 17.7 Å². The van der Waals surface area contributed by atoms with Crippen LogP contribution >= 0.6 is 11.6 Å². The molecule has 0 aliphatic carbocycles. The fourth-order valence-corrected chi connectivity index (χ4v) is 2.78. The van der Waals surface area contributed by atoms with Crippen molar-refractivity contribution in [2.24, 2.45) is 0 Å². The molecule has 0 N–H and O–H groups in total. The second-order valence-corrected chi connectivity index (χ2v) is 7.08. The number of ether oxygens (including phenoxy) is 1. The molecular weight excluding hydrogens is 321 g/mol. The summed E-state index contributed by atoms with van der Waals surface area (Å²) in [5.41, 5.74) is -0.492. The Hall–Kier alpha value is -1.11. The van der Waals surface area contributed by atoms with Crippen molar-refractivity contribution >= 4 is 24.7 Å². The van der Waals surface area contributed by atoms with Gasteiger partial charge in [0.05, 0.1) is 24.7 Å². The third-order valence-corrected chi connectivity index (χ3v) is 4.90. The molecule has 0 saturated carbocycles. The van der Waals surface area contributed by atoms with Crippen LogP contribution in [0.25, 0.3) is 0 Å². The van der Waals surface area contributed by atoms with Gasteiger partial charge in [-0.05, 0) is 45.4 Å². The highest BCUT2D eigenvalue weighted by Gasteiger charge is 2.54. The predicted molar refractivity (Wildman–Crippen MR) is 86.9 cm³/mol. The Morgan fingerprint density at radius 3 is 2.35 bits per heavy atom. The molecule has 1 atom stereocenters. The highest BCUT2D eigenvalue weighted by Crippen LogP contribution is 2.43. The Morgan fingerprint density at radius 1 is 1.30 bits per heavy atom. The van der Waals surface area contributed by atoms with E-state index in [4.69, 9.17) is 25.6 Å². The van der Waals surface area contributed by atoms with Gasteiger partial charge in [-0.3, -0.25) is 4.79 Å². The molecule has 0 aromatic heterocycles. The Morgan fingerprint density at radius 2 is 1.87 bits per heavy atom. The first-order valence-electron chi connectivity index (χ1n) is 7.45. The maximum Gasteiger partial charge on any atom is 0.466 e. The molecule has 0 bridgehead atoms. The lowest BCUT2D eigenvalue weighted by molar-refractivity contribution is -0.140. The minimum Gasteiger partial charge on any atom is -0.469 e. The fraction of sp³-hybridized carbons (Fsp3) is 0.562. The summed E-state index contributed by atoms with van der Waals surface area (Å²) in [6.45, 7) is 7.70. The monoisotopic (exact) mass is 342 g/mol. The lowest BCUT2D eigenvalue weighted by atomic mass is 9.66. The zero-order valence-electron chi connectivity index (χ0n) is 14.0. The summed E-state index contributed by atoms with van der Waals surface area (Å²) in [6, 6.07) is 4.07. The summed E-state index contributed by atoms with van der Waals surface area (Å²) in [6.07, 6.45) is 0.0265. The van der Waals surface area contributed by atoms with Gasteiger partial charge in [-0.2, -0.15) is 0 Å². The minimum atomic E-state index is -0.679. The molecule has 0 amide bonds. The van der Waals surface area contributed by atoms with Gasteiger partial charge in [0.1, 0.15) is 5.82 Å². The number of carbonyl (C=O) groups excluding carboxylic acids is 1. The van der Waals surface area contributed by atoms with Crippen LogP contribution in [-0.2, 0) is 18.8 Å². The third-order valence-electron chi connectivity index (χ3n) is 4.58. The summed E-state index contributed by atoms with van der Waals surface area (Å²) >= 11 is 6.17. The number of rotatable bonds is 4. The first-order valence-corrected chi connectivity index (χ1v) is 7.82. The van der Waals surface area contributed by atoms with Crippen LogP contribution in [0.1, 0.15) is 45.5 Å². The zero-order chi connectivity index (χ0) is 17.4. The number of halogens is 2. The Labute approximate surface area is 141 Å². The lowest BCUT2D eigenvalue weighted by Crippen LogP contribution is -2.41. The van der Waals surface area contributed by atoms with E-state index in [1.165, 1.54) is 19.2 Å². The number of benzene rings is 1. The number of esters is 1. The molecule has 0 radical (unpaired) electrons.